The van der Waals surface area contributed by atoms with Crippen LogP contribution in [0.2, 0.25) is 0 Å². The first-order chi connectivity index (χ1) is 32.2. The van der Waals surface area contributed by atoms with Gasteiger partial charge in [-0.15, -0.1) is 11.3 Å². The fraction of sp³-hybridized carbons (Fsp3) is 0.163. The van der Waals surface area contributed by atoms with E-state index in [9.17, 15) is 14.4 Å². The van der Waals surface area contributed by atoms with Crippen molar-refractivity contribution in [2.75, 3.05) is 25.3 Å². The lowest BCUT2D eigenvalue weighted by molar-refractivity contribution is -0.664. The summed E-state index contributed by atoms with van der Waals surface area (Å²) in [7, 11) is 2.91. The van der Waals surface area contributed by atoms with Gasteiger partial charge in [-0.2, -0.15) is 0 Å². The zero-order chi connectivity index (χ0) is 45.7. The van der Waals surface area contributed by atoms with Crippen LogP contribution in [0.15, 0.2) is 174 Å². The van der Waals surface area contributed by atoms with Gasteiger partial charge in [0.15, 0.2) is 10.0 Å². The second-order valence-electron chi connectivity index (χ2n) is 15.2. The van der Waals surface area contributed by atoms with Crippen LogP contribution in [0.1, 0.15) is 34.4 Å². The van der Waals surface area contributed by atoms with Gasteiger partial charge in [0.1, 0.15) is 43.5 Å². The maximum Gasteiger partial charge on any atom is 0.355 e. The molecule has 0 aliphatic carbocycles. The first kappa shape index (κ1) is 43.5. The molecule has 0 bridgehead atoms. The molecule has 2 atom stereocenters. The summed E-state index contributed by atoms with van der Waals surface area (Å²) in [5, 5.41) is 16.9. The van der Waals surface area contributed by atoms with Crippen LogP contribution in [-0.4, -0.2) is 63.1 Å². The van der Waals surface area contributed by atoms with E-state index in [-0.39, 0.29) is 36.7 Å². The average Bonchev–Trinajstić information content (AvgIpc) is 4.05. The van der Waals surface area contributed by atoms with Crippen LogP contribution < -0.4 is 25.7 Å². The lowest BCUT2D eigenvalue weighted by Gasteiger charge is -2.51. The maximum atomic E-state index is 14.7. The number of amides is 2. The van der Waals surface area contributed by atoms with Crippen molar-refractivity contribution in [2.24, 2.45) is 5.16 Å². The van der Waals surface area contributed by atoms with Gasteiger partial charge in [-0.25, -0.2) is 14.3 Å². The molecule has 2 aliphatic heterocycles. The number of thiazole rings is 1. The van der Waals surface area contributed by atoms with E-state index in [2.05, 4.69) is 57.3 Å². The number of β-lactam (4-membered cyclic amide) rings is 1. The minimum Gasteiger partial charge on any atom is -0.497 e. The average molecular weight is 919 g/mol. The molecule has 0 spiro atoms. The van der Waals surface area contributed by atoms with Gasteiger partial charge in [0.2, 0.25) is 11.7 Å². The summed E-state index contributed by atoms with van der Waals surface area (Å²) in [5.41, 5.74) is 10.2. The van der Waals surface area contributed by atoms with Crippen molar-refractivity contribution in [1.29, 1.82) is 0 Å². The van der Waals surface area contributed by atoms with E-state index in [0.29, 0.717) is 33.6 Å². The number of aromatic nitrogens is 4. The number of methoxy groups -OCH3 is 1. The van der Waals surface area contributed by atoms with Gasteiger partial charge in [-0.3, -0.25) is 14.5 Å². The summed E-state index contributed by atoms with van der Waals surface area (Å²) in [6.07, 6.45) is 8.15. The summed E-state index contributed by atoms with van der Waals surface area (Å²) in [5.74, 6) is -0.577. The fourth-order valence-electron chi connectivity index (χ4n) is 8.22. The quantitative estimate of drug-likeness (QED) is 0.0240. The Morgan fingerprint density at radius 1 is 0.939 bits per heavy atom. The number of fused-ring (bicyclic) bond motifs is 2. The van der Waals surface area contributed by atoms with Gasteiger partial charge in [0.25, 0.3) is 5.91 Å². The number of nitrogens with two attached hydrogens (primary N) is 1. The summed E-state index contributed by atoms with van der Waals surface area (Å²) in [6, 6.07) is 41.1. The molecule has 1 unspecified atom stereocenters. The number of anilines is 2. The molecular weight excluding hydrogens is 875 g/mol. The lowest BCUT2D eigenvalue weighted by atomic mass is 9.77. The number of rotatable bonds is 16. The number of benzene rings is 4. The highest BCUT2D eigenvalue weighted by Gasteiger charge is 2.57. The Hall–Kier alpha value is -7.76. The number of ether oxygens (including phenoxy) is 2. The van der Waals surface area contributed by atoms with Crippen LogP contribution in [-0.2, 0) is 47.5 Å². The summed E-state index contributed by atoms with van der Waals surface area (Å²) >= 11 is 2.63. The van der Waals surface area contributed by atoms with E-state index >= 15 is 0 Å². The Labute approximate surface area is 388 Å². The first-order valence-corrected chi connectivity index (χ1v) is 22.6. The van der Waals surface area contributed by atoms with Gasteiger partial charge in [-0.05, 0) is 40.5 Å². The minimum atomic E-state index is -1.59. The molecule has 1 saturated heterocycles. The fourth-order valence-corrected chi connectivity index (χ4v) is 10.8. The van der Waals surface area contributed by atoms with Crippen LogP contribution >= 0.6 is 23.1 Å². The number of carbonyl (C=O) groups is 3. The van der Waals surface area contributed by atoms with E-state index in [1.165, 1.54) is 35.1 Å². The van der Waals surface area contributed by atoms with E-state index < -0.39 is 27.7 Å². The Kier molecular flexibility index (Phi) is 12.4. The third kappa shape index (κ3) is 8.25. The normalized spacial score (nSPS) is 17.2. The Morgan fingerprint density at radius 3 is 2.23 bits per heavy atom. The van der Waals surface area contributed by atoms with Crippen LogP contribution in [0.5, 0.6) is 5.75 Å². The van der Waals surface area contributed by atoms with Gasteiger partial charge in [0.05, 0.1) is 43.1 Å². The molecule has 4 N–H and O–H groups in total. The molecule has 17 heteroatoms. The Bertz CT molecular complexity index is 2880. The van der Waals surface area contributed by atoms with Gasteiger partial charge in [0, 0.05) is 17.0 Å². The molecule has 2 aliphatic rings. The number of thioether (sulfide) groups is 1. The van der Waals surface area contributed by atoms with Crippen molar-refractivity contribution in [1.82, 2.24) is 24.8 Å². The maximum absolute atomic E-state index is 14.7. The van der Waals surface area contributed by atoms with Crippen molar-refractivity contribution >= 4 is 63.7 Å². The SMILES string of the molecule is CON=CC(=O)NC1(c2csc(NC(c3ccccc3)(c3ccccc3)c3ccccc3)n2)S[C@H]2CC(=O)N2C(C(=O)OCc2ccc(OC)cc2)=C1C=CC[n+]1ccc(N)n2nccc21. The van der Waals surface area contributed by atoms with Crippen molar-refractivity contribution in [3.05, 3.63) is 197 Å². The lowest BCUT2D eigenvalue weighted by Crippen LogP contribution is -2.60. The number of allylic oxidation sites excluding steroid dienone is 1. The molecule has 5 heterocycles. The smallest absolute Gasteiger partial charge is 0.355 e. The van der Waals surface area contributed by atoms with Crippen LogP contribution in [0.3, 0.4) is 0 Å². The summed E-state index contributed by atoms with van der Waals surface area (Å²) in [4.78, 5) is 52.5. The Morgan fingerprint density at radius 2 is 1.61 bits per heavy atom. The number of esters is 1. The molecule has 1 fully saturated rings. The number of nitrogen functional groups attached to an aromatic ring is 1. The number of carbonyl (C=O) groups excluding carboxylic acids is 3. The van der Waals surface area contributed by atoms with Crippen molar-refractivity contribution in [2.45, 2.75) is 35.4 Å². The molecule has 3 aromatic heterocycles. The summed E-state index contributed by atoms with van der Waals surface area (Å²) < 4.78 is 14.9. The van der Waals surface area contributed by atoms with Gasteiger partial charge < -0.3 is 30.7 Å². The molecule has 332 valence electrons. The standard InChI is InChI=1S/C49H43N9O6S2/c1-62-37-22-20-33(21-23-37)31-64-46(61)45-38(19-12-27-56-28-25-40(50)58-42(56)24-26-51-58)49(54-41(59)30-52-63-2,66-44-29-43(60)57(44)45)39-32-65-47(53-39)55-48(34-13-6-3-7-14-34,35-15-8-4-9-16-35)36-17-10-5-11-18-36/h3-26,28,30,32,44,50H,27,29,31H2,1-2H3,(H2,53,54,55,59)/p+1/t44-,49?/m0/s1. The zero-order valence-electron chi connectivity index (χ0n) is 35.8. The molecule has 0 radical (unpaired) electrons. The second-order valence-corrected chi connectivity index (χ2v) is 17.5. The monoisotopic (exact) mass is 918 g/mol. The molecule has 15 nitrogen and oxygen atoms in total. The van der Waals surface area contributed by atoms with E-state index in [4.69, 9.17) is 25.0 Å². The van der Waals surface area contributed by atoms with E-state index in [0.717, 1.165) is 22.9 Å². The predicted molar refractivity (Wildman–Crippen MR) is 252 cm³/mol. The predicted octanol–water partition coefficient (Wildman–Crippen LogP) is 6.53. The van der Waals surface area contributed by atoms with Crippen molar-refractivity contribution in [3.8, 4) is 5.75 Å². The van der Waals surface area contributed by atoms with Crippen molar-refractivity contribution in [3.63, 3.8) is 0 Å². The molecular formula is C49H44N9O6S2+. The minimum absolute atomic E-state index is 0.0322. The summed E-state index contributed by atoms with van der Waals surface area (Å²) in [6.45, 7) is 0.177. The van der Waals surface area contributed by atoms with Gasteiger partial charge >= 0.3 is 11.6 Å². The highest BCUT2D eigenvalue weighted by molar-refractivity contribution is 8.01. The number of nitrogens with one attached hydrogen (secondary N) is 2. The largest absolute Gasteiger partial charge is 0.497 e. The van der Waals surface area contributed by atoms with Crippen LogP contribution in [0.4, 0.5) is 10.9 Å². The molecule has 4 aromatic carbocycles. The highest BCUT2D eigenvalue weighted by Crippen LogP contribution is 2.55. The third-order valence-electron chi connectivity index (χ3n) is 11.3. The number of nitrogens with zero attached hydrogens (tertiary/aromatic N) is 6. The van der Waals surface area contributed by atoms with E-state index in [1.54, 1.807) is 54.2 Å². The topological polar surface area (TPSA) is 179 Å². The Balaban J connectivity index is 1.21. The first-order valence-electron chi connectivity index (χ1n) is 20.9. The molecule has 9 rings (SSSR count). The van der Waals surface area contributed by atoms with Crippen LogP contribution in [0.25, 0.3) is 5.65 Å². The van der Waals surface area contributed by atoms with E-state index in [1.807, 2.05) is 82.9 Å². The molecule has 2 amide bonds. The number of hydrogen-bond acceptors (Lipinski definition) is 13. The molecule has 0 saturated carbocycles. The molecule has 66 heavy (non-hydrogen) atoms. The van der Waals surface area contributed by atoms with Crippen LogP contribution in [0, 0.1) is 0 Å². The zero-order valence-corrected chi connectivity index (χ0v) is 37.4. The number of hydrogen-bond donors (Lipinski definition) is 3. The van der Waals surface area contributed by atoms with Crippen molar-refractivity contribution < 1.29 is 33.3 Å². The molecule has 7 aromatic rings. The third-order valence-corrected chi connectivity index (χ3v) is 13.6. The second kappa shape index (κ2) is 18.8. The highest BCUT2D eigenvalue weighted by atomic mass is 32.2. The van der Waals surface area contributed by atoms with Gasteiger partial charge in [-0.1, -0.05) is 136 Å². The number of oxime groups is 1.